The zero-order chi connectivity index (χ0) is 12.7. The fourth-order valence-corrected chi connectivity index (χ4v) is 1.17. The molecule has 0 aliphatic heterocycles. The van der Waals surface area contributed by atoms with Crippen LogP contribution in [0.4, 0.5) is 4.79 Å². The van der Waals surface area contributed by atoms with E-state index < -0.39 is 11.9 Å². The van der Waals surface area contributed by atoms with Gasteiger partial charge >= 0.3 is 12.0 Å². The Kier molecular flexibility index (Phi) is 6.53. The Bertz CT molecular complexity index is 241. The normalized spacial score (nSPS) is 12.3. The average Bonchev–Trinajstić information content (AvgIpc) is 2.21. The van der Waals surface area contributed by atoms with Gasteiger partial charge in [-0.25, -0.2) is 4.79 Å². The van der Waals surface area contributed by atoms with E-state index in [4.69, 9.17) is 5.11 Å². The summed E-state index contributed by atoms with van der Waals surface area (Å²) < 4.78 is 0. The molecule has 2 N–H and O–H groups in total. The second-order valence-corrected chi connectivity index (χ2v) is 4.36. The minimum absolute atomic E-state index is 0.190. The lowest BCUT2D eigenvalue weighted by Gasteiger charge is -2.23. The van der Waals surface area contributed by atoms with E-state index in [2.05, 4.69) is 5.32 Å². The summed E-state index contributed by atoms with van der Waals surface area (Å²) in [5.41, 5.74) is 0. The van der Waals surface area contributed by atoms with Crippen LogP contribution in [0.1, 0.15) is 27.7 Å². The number of nitrogens with one attached hydrogen (secondary N) is 1. The maximum atomic E-state index is 11.7. The largest absolute Gasteiger partial charge is 0.481 e. The molecule has 2 amide bonds. The molecule has 94 valence electrons. The summed E-state index contributed by atoms with van der Waals surface area (Å²) in [4.78, 5) is 23.9. The standard InChI is InChI=1S/C11H22N2O3/c1-5-13(7-9(4)10(14)15)11(16)12-6-8(2)3/h8-9H,5-7H2,1-4H3,(H,12,16)(H,14,15). The highest BCUT2D eigenvalue weighted by atomic mass is 16.4. The van der Waals surface area contributed by atoms with Gasteiger partial charge in [0.2, 0.25) is 0 Å². The molecule has 0 aromatic rings. The van der Waals surface area contributed by atoms with Crippen molar-refractivity contribution in [2.24, 2.45) is 11.8 Å². The van der Waals surface area contributed by atoms with E-state index >= 15 is 0 Å². The Balaban J connectivity index is 4.16. The number of carboxylic acids is 1. The van der Waals surface area contributed by atoms with Gasteiger partial charge in [0.05, 0.1) is 5.92 Å². The molecule has 0 bridgehead atoms. The van der Waals surface area contributed by atoms with Gasteiger partial charge in [-0.05, 0) is 12.8 Å². The third-order valence-corrected chi connectivity index (χ3v) is 2.25. The second-order valence-electron chi connectivity index (χ2n) is 4.36. The number of urea groups is 1. The highest BCUT2D eigenvalue weighted by Gasteiger charge is 2.18. The van der Waals surface area contributed by atoms with Crippen LogP contribution in [-0.2, 0) is 4.79 Å². The Morgan fingerprint density at radius 1 is 1.31 bits per heavy atom. The number of carbonyl (C=O) groups is 2. The van der Waals surface area contributed by atoms with Gasteiger partial charge in [-0.3, -0.25) is 4.79 Å². The molecule has 1 unspecified atom stereocenters. The molecule has 0 aromatic heterocycles. The van der Waals surface area contributed by atoms with Crippen LogP contribution in [0.5, 0.6) is 0 Å². The number of hydrogen-bond donors (Lipinski definition) is 2. The summed E-state index contributed by atoms with van der Waals surface area (Å²) >= 11 is 0. The summed E-state index contributed by atoms with van der Waals surface area (Å²) in [6, 6.07) is -0.190. The van der Waals surface area contributed by atoms with Gasteiger partial charge in [-0.15, -0.1) is 0 Å². The van der Waals surface area contributed by atoms with Crippen molar-refractivity contribution in [1.82, 2.24) is 10.2 Å². The van der Waals surface area contributed by atoms with Crippen molar-refractivity contribution in [2.75, 3.05) is 19.6 Å². The van der Waals surface area contributed by atoms with E-state index in [1.54, 1.807) is 6.92 Å². The molecule has 5 heteroatoms. The zero-order valence-electron chi connectivity index (χ0n) is 10.5. The molecular formula is C11H22N2O3. The quantitative estimate of drug-likeness (QED) is 0.724. The Hall–Kier alpha value is -1.26. The van der Waals surface area contributed by atoms with E-state index in [0.29, 0.717) is 19.0 Å². The number of carboxylic acid groups (broad SMARTS) is 1. The summed E-state index contributed by atoms with van der Waals surface area (Å²) in [5.74, 6) is -1.03. The first-order valence-corrected chi connectivity index (χ1v) is 5.64. The van der Waals surface area contributed by atoms with Crippen LogP contribution in [0, 0.1) is 11.8 Å². The summed E-state index contributed by atoms with van der Waals surface area (Å²) in [6.45, 7) is 8.82. The van der Waals surface area contributed by atoms with Crippen molar-refractivity contribution in [2.45, 2.75) is 27.7 Å². The smallest absolute Gasteiger partial charge is 0.317 e. The van der Waals surface area contributed by atoms with E-state index in [0.717, 1.165) is 0 Å². The van der Waals surface area contributed by atoms with Crippen LogP contribution in [0.15, 0.2) is 0 Å². The van der Waals surface area contributed by atoms with E-state index in [1.165, 1.54) is 4.90 Å². The highest BCUT2D eigenvalue weighted by Crippen LogP contribution is 2.01. The average molecular weight is 230 g/mol. The molecular weight excluding hydrogens is 208 g/mol. The first-order chi connectivity index (χ1) is 7.38. The van der Waals surface area contributed by atoms with Gasteiger partial charge in [0.15, 0.2) is 0 Å². The lowest BCUT2D eigenvalue weighted by atomic mass is 10.2. The summed E-state index contributed by atoms with van der Waals surface area (Å²) in [7, 11) is 0. The number of hydrogen-bond acceptors (Lipinski definition) is 2. The first-order valence-electron chi connectivity index (χ1n) is 5.64. The second kappa shape index (κ2) is 7.09. The number of nitrogens with zero attached hydrogens (tertiary/aromatic N) is 1. The molecule has 0 saturated carbocycles. The lowest BCUT2D eigenvalue weighted by Crippen LogP contribution is -2.44. The van der Waals surface area contributed by atoms with E-state index in [1.807, 2.05) is 20.8 Å². The van der Waals surface area contributed by atoms with Gasteiger partial charge < -0.3 is 15.3 Å². The molecule has 1 atom stereocenters. The van der Waals surface area contributed by atoms with Crippen molar-refractivity contribution < 1.29 is 14.7 Å². The first kappa shape index (κ1) is 14.7. The Morgan fingerprint density at radius 3 is 2.25 bits per heavy atom. The molecule has 0 fully saturated rings. The lowest BCUT2D eigenvalue weighted by molar-refractivity contribution is -0.141. The van der Waals surface area contributed by atoms with Crippen LogP contribution in [0.25, 0.3) is 0 Å². The molecule has 0 radical (unpaired) electrons. The molecule has 0 aliphatic rings. The third kappa shape index (κ3) is 5.58. The Labute approximate surface area is 96.8 Å². The number of carbonyl (C=O) groups excluding carboxylic acids is 1. The van der Waals surface area contributed by atoms with E-state index in [-0.39, 0.29) is 12.6 Å². The van der Waals surface area contributed by atoms with Gasteiger partial charge in [0.1, 0.15) is 0 Å². The van der Waals surface area contributed by atoms with Gasteiger partial charge in [-0.2, -0.15) is 0 Å². The number of aliphatic carboxylic acids is 1. The van der Waals surface area contributed by atoms with Crippen LogP contribution >= 0.6 is 0 Å². The summed E-state index contributed by atoms with van der Waals surface area (Å²) in [5, 5.41) is 11.5. The molecule has 0 spiro atoms. The van der Waals surface area contributed by atoms with Crippen molar-refractivity contribution in [3.8, 4) is 0 Å². The van der Waals surface area contributed by atoms with Gasteiger partial charge in [0.25, 0.3) is 0 Å². The monoisotopic (exact) mass is 230 g/mol. The van der Waals surface area contributed by atoms with Crippen molar-refractivity contribution in [3.63, 3.8) is 0 Å². The SMILES string of the molecule is CCN(CC(C)C(=O)O)C(=O)NCC(C)C. The van der Waals surface area contributed by atoms with Crippen LogP contribution in [0.3, 0.4) is 0 Å². The predicted molar refractivity (Wildman–Crippen MR) is 62.3 cm³/mol. The molecule has 0 aliphatic carbocycles. The molecule has 5 nitrogen and oxygen atoms in total. The zero-order valence-corrected chi connectivity index (χ0v) is 10.5. The minimum atomic E-state index is -0.880. The number of rotatable bonds is 6. The van der Waals surface area contributed by atoms with Crippen LogP contribution in [0.2, 0.25) is 0 Å². The molecule has 0 saturated heterocycles. The predicted octanol–water partition coefficient (Wildman–Crippen LogP) is 1.39. The van der Waals surface area contributed by atoms with E-state index in [9.17, 15) is 9.59 Å². The highest BCUT2D eigenvalue weighted by molar-refractivity contribution is 5.75. The van der Waals surface area contributed by atoms with Crippen molar-refractivity contribution in [3.05, 3.63) is 0 Å². The minimum Gasteiger partial charge on any atom is -0.481 e. The Morgan fingerprint density at radius 2 is 1.88 bits per heavy atom. The van der Waals surface area contributed by atoms with Crippen LogP contribution in [-0.4, -0.2) is 41.6 Å². The van der Waals surface area contributed by atoms with Crippen molar-refractivity contribution >= 4 is 12.0 Å². The fourth-order valence-electron chi connectivity index (χ4n) is 1.17. The summed E-state index contributed by atoms with van der Waals surface area (Å²) in [6.07, 6.45) is 0. The van der Waals surface area contributed by atoms with Crippen molar-refractivity contribution in [1.29, 1.82) is 0 Å². The topological polar surface area (TPSA) is 69.6 Å². The number of amides is 2. The van der Waals surface area contributed by atoms with Gasteiger partial charge in [0, 0.05) is 19.6 Å². The molecule has 0 heterocycles. The molecule has 0 aromatic carbocycles. The van der Waals surface area contributed by atoms with Gasteiger partial charge in [-0.1, -0.05) is 20.8 Å². The third-order valence-electron chi connectivity index (χ3n) is 2.25. The molecule has 16 heavy (non-hydrogen) atoms. The fraction of sp³-hybridized carbons (Fsp3) is 0.818. The molecule has 0 rings (SSSR count). The maximum Gasteiger partial charge on any atom is 0.317 e. The maximum absolute atomic E-state index is 11.7. The van der Waals surface area contributed by atoms with Crippen LogP contribution < -0.4 is 5.32 Å².